The molecule has 0 saturated carbocycles. The van der Waals surface area contributed by atoms with Gasteiger partial charge in [0.15, 0.2) is 0 Å². The highest BCUT2D eigenvalue weighted by Gasteiger charge is 2.19. The van der Waals surface area contributed by atoms with Crippen molar-refractivity contribution in [3.63, 3.8) is 0 Å². The lowest BCUT2D eigenvalue weighted by Gasteiger charge is -2.10. The van der Waals surface area contributed by atoms with Gasteiger partial charge in [-0.1, -0.05) is 0 Å². The lowest BCUT2D eigenvalue weighted by atomic mass is 10.1. The van der Waals surface area contributed by atoms with Crippen molar-refractivity contribution in [3.8, 4) is 5.69 Å². The van der Waals surface area contributed by atoms with E-state index < -0.39 is 28.6 Å². The topological polar surface area (TPSA) is 59.3 Å². The number of aromatic carboxylic acids is 1. The first-order chi connectivity index (χ1) is 12.0. The molecule has 0 fully saturated rings. The van der Waals surface area contributed by atoms with Gasteiger partial charge in [0.2, 0.25) is 5.43 Å². The summed E-state index contributed by atoms with van der Waals surface area (Å²) in [5.41, 5.74) is -0.0501. The minimum Gasteiger partial charge on any atom is -0.477 e. The van der Waals surface area contributed by atoms with Gasteiger partial charge < -0.3 is 9.67 Å². The molecule has 0 aliphatic heterocycles. The molecule has 0 atom stereocenters. The van der Waals surface area contributed by atoms with Crippen molar-refractivity contribution in [2.45, 2.75) is 0 Å². The molecule has 25 heavy (non-hydrogen) atoms. The van der Waals surface area contributed by atoms with E-state index in [0.29, 0.717) is 21.3 Å². The van der Waals surface area contributed by atoms with Gasteiger partial charge in [0.1, 0.15) is 21.9 Å². The molecule has 0 unspecified atom stereocenters. The SMILES string of the molecule is O=C(O)c1cn(-c2ccc(F)cc2)c2c(sc3cc(F)ccc32)c1=O. The summed E-state index contributed by atoms with van der Waals surface area (Å²) >= 11 is 1.04. The van der Waals surface area contributed by atoms with Crippen LogP contribution in [0.15, 0.2) is 53.5 Å². The number of pyridine rings is 1. The Labute approximate surface area is 143 Å². The van der Waals surface area contributed by atoms with E-state index in [2.05, 4.69) is 0 Å². The summed E-state index contributed by atoms with van der Waals surface area (Å²) in [6, 6.07) is 9.58. The van der Waals surface area contributed by atoms with Crippen molar-refractivity contribution in [3.05, 3.63) is 76.1 Å². The van der Waals surface area contributed by atoms with Crippen LogP contribution in [-0.2, 0) is 0 Å². The van der Waals surface area contributed by atoms with E-state index in [1.807, 2.05) is 0 Å². The number of hydrogen-bond donors (Lipinski definition) is 1. The van der Waals surface area contributed by atoms with Crippen molar-refractivity contribution >= 4 is 37.6 Å². The van der Waals surface area contributed by atoms with E-state index in [9.17, 15) is 23.5 Å². The summed E-state index contributed by atoms with van der Waals surface area (Å²) in [7, 11) is 0. The zero-order valence-electron chi connectivity index (χ0n) is 12.5. The molecule has 4 nitrogen and oxygen atoms in total. The Kier molecular flexibility index (Phi) is 3.40. The molecular weight excluding hydrogens is 348 g/mol. The molecule has 1 N–H and O–H groups in total. The zero-order chi connectivity index (χ0) is 17.7. The number of thiophene rings is 1. The number of rotatable bonds is 2. The highest BCUT2D eigenvalue weighted by atomic mass is 32.1. The van der Waals surface area contributed by atoms with Gasteiger partial charge in [-0.2, -0.15) is 0 Å². The second kappa shape index (κ2) is 5.49. The van der Waals surface area contributed by atoms with Crippen LogP contribution in [0.25, 0.3) is 26.0 Å². The van der Waals surface area contributed by atoms with Crippen LogP contribution in [0.5, 0.6) is 0 Å². The van der Waals surface area contributed by atoms with Crippen LogP contribution < -0.4 is 5.43 Å². The highest BCUT2D eigenvalue weighted by molar-refractivity contribution is 7.25. The van der Waals surface area contributed by atoms with E-state index in [1.165, 1.54) is 47.2 Å². The fraction of sp³-hybridized carbons (Fsp3) is 0. The Morgan fingerprint density at radius 2 is 1.72 bits per heavy atom. The Morgan fingerprint density at radius 1 is 1.04 bits per heavy atom. The molecule has 7 heteroatoms. The number of aromatic nitrogens is 1. The Morgan fingerprint density at radius 3 is 2.40 bits per heavy atom. The molecule has 124 valence electrons. The number of carbonyl (C=O) groups is 1. The lowest BCUT2D eigenvalue weighted by Crippen LogP contribution is -2.17. The molecule has 0 spiro atoms. The zero-order valence-corrected chi connectivity index (χ0v) is 13.3. The van der Waals surface area contributed by atoms with E-state index in [0.717, 1.165) is 11.3 Å². The molecule has 0 aliphatic rings. The van der Waals surface area contributed by atoms with Crippen molar-refractivity contribution in [1.29, 1.82) is 0 Å². The second-order valence-corrected chi connectivity index (χ2v) is 6.50. The second-order valence-electron chi connectivity index (χ2n) is 5.44. The number of carboxylic acid groups (broad SMARTS) is 1. The number of hydrogen-bond acceptors (Lipinski definition) is 3. The summed E-state index contributed by atoms with van der Waals surface area (Å²) in [5, 5.41) is 9.96. The normalized spacial score (nSPS) is 11.3. The van der Waals surface area contributed by atoms with Crippen LogP contribution in [-0.4, -0.2) is 15.6 Å². The third-order valence-electron chi connectivity index (χ3n) is 3.91. The van der Waals surface area contributed by atoms with Crippen LogP contribution in [0.1, 0.15) is 10.4 Å². The molecule has 2 aromatic carbocycles. The van der Waals surface area contributed by atoms with Crippen LogP contribution in [0.2, 0.25) is 0 Å². The average Bonchev–Trinajstić information content (AvgIpc) is 2.95. The maximum absolute atomic E-state index is 13.5. The van der Waals surface area contributed by atoms with Gasteiger partial charge in [-0.05, 0) is 42.5 Å². The van der Waals surface area contributed by atoms with Gasteiger partial charge in [0.25, 0.3) is 0 Å². The van der Waals surface area contributed by atoms with E-state index >= 15 is 0 Å². The lowest BCUT2D eigenvalue weighted by molar-refractivity contribution is 0.0695. The van der Waals surface area contributed by atoms with Crippen LogP contribution in [0.4, 0.5) is 8.78 Å². The van der Waals surface area contributed by atoms with Gasteiger partial charge in [-0.25, -0.2) is 13.6 Å². The quantitative estimate of drug-likeness (QED) is 0.585. The monoisotopic (exact) mass is 357 g/mol. The molecule has 4 rings (SSSR count). The first kappa shape index (κ1) is 15.5. The van der Waals surface area contributed by atoms with Gasteiger partial charge in [0.05, 0.1) is 5.52 Å². The summed E-state index contributed by atoms with van der Waals surface area (Å²) in [6.45, 7) is 0. The molecule has 0 aliphatic carbocycles. The molecule has 2 aromatic heterocycles. The van der Waals surface area contributed by atoms with Gasteiger partial charge in [0, 0.05) is 22.0 Å². The van der Waals surface area contributed by atoms with E-state index in [4.69, 9.17) is 0 Å². The average molecular weight is 357 g/mol. The predicted octanol–water partition coefficient (Wildman–Crippen LogP) is 4.18. The largest absolute Gasteiger partial charge is 0.477 e. The van der Waals surface area contributed by atoms with Gasteiger partial charge in [-0.3, -0.25) is 4.79 Å². The number of nitrogens with zero attached hydrogens (tertiary/aromatic N) is 1. The van der Waals surface area contributed by atoms with E-state index in [-0.39, 0.29) is 4.70 Å². The summed E-state index contributed by atoms with van der Waals surface area (Å²) < 4.78 is 29.0. The first-order valence-corrected chi connectivity index (χ1v) is 8.04. The Hall–Kier alpha value is -3.06. The molecule has 4 aromatic rings. The fourth-order valence-corrected chi connectivity index (χ4v) is 3.96. The van der Waals surface area contributed by atoms with Crippen LogP contribution in [0.3, 0.4) is 0 Å². The minimum absolute atomic E-state index is 0.213. The number of benzene rings is 2. The summed E-state index contributed by atoms with van der Waals surface area (Å²) in [6.07, 6.45) is 1.22. The predicted molar refractivity (Wildman–Crippen MR) is 91.8 cm³/mol. The number of carboxylic acids is 1. The van der Waals surface area contributed by atoms with Crippen molar-refractivity contribution < 1.29 is 18.7 Å². The fourth-order valence-electron chi connectivity index (χ4n) is 2.78. The Balaban J connectivity index is 2.21. The van der Waals surface area contributed by atoms with Crippen molar-refractivity contribution in [2.24, 2.45) is 0 Å². The van der Waals surface area contributed by atoms with Crippen LogP contribution >= 0.6 is 11.3 Å². The third-order valence-corrected chi connectivity index (χ3v) is 5.05. The van der Waals surface area contributed by atoms with Gasteiger partial charge in [-0.15, -0.1) is 11.3 Å². The maximum atomic E-state index is 13.5. The maximum Gasteiger partial charge on any atom is 0.341 e. The molecule has 0 amide bonds. The third kappa shape index (κ3) is 2.40. The van der Waals surface area contributed by atoms with Gasteiger partial charge >= 0.3 is 5.97 Å². The molecule has 0 radical (unpaired) electrons. The standard InChI is InChI=1S/C18H9F2NO3S/c19-9-1-4-11(5-2-9)21-8-13(18(23)24)16(22)17-15(21)12-6-3-10(20)7-14(12)25-17/h1-8H,(H,23,24). The smallest absolute Gasteiger partial charge is 0.341 e. The molecule has 2 heterocycles. The molecular formula is C18H9F2NO3S. The van der Waals surface area contributed by atoms with Crippen LogP contribution in [0, 0.1) is 11.6 Å². The first-order valence-electron chi connectivity index (χ1n) is 7.22. The van der Waals surface area contributed by atoms with E-state index in [1.54, 1.807) is 6.07 Å². The van der Waals surface area contributed by atoms with Crippen molar-refractivity contribution in [1.82, 2.24) is 4.57 Å². The summed E-state index contributed by atoms with van der Waals surface area (Å²) in [4.78, 5) is 24.0. The number of fused-ring (bicyclic) bond motifs is 3. The molecule has 0 bridgehead atoms. The Bertz CT molecular complexity index is 1210. The summed E-state index contributed by atoms with van der Waals surface area (Å²) in [5.74, 6) is -2.23. The highest BCUT2D eigenvalue weighted by Crippen LogP contribution is 2.34. The minimum atomic E-state index is -1.36. The molecule has 0 saturated heterocycles. The van der Waals surface area contributed by atoms with Crippen molar-refractivity contribution in [2.75, 3.05) is 0 Å². The number of halogens is 2.